The lowest BCUT2D eigenvalue weighted by Gasteiger charge is -2.21. The average molecular weight is 452 g/mol. The SMILES string of the molecule is CC(C)(C)NS(=O)(=O)c1ccccc1-c1ccc(-c2cnc3[nH]cc(C=O)c3c2)c(F)c1. The van der Waals surface area contributed by atoms with Gasteiger partial charge in [-0.15, -0.1) is 0 Å². The lowest BCUT2D eigenvalue weighted by Crippen LogP contribution is -2.40. The molecular weight excluding hydrogens is 429 g/mol. The van der Waals surface area contributed by atoms with Crippen LogP contribution in [0, 0.1) is 5.82 Å². The van der Waals surface area contributed by atoms with E-state index in [1.165, 1.54) is 18.3 Å². The van der Waals surface area contributed by atoms with Crippen LogP contribution in [-0.2, 0) is 10.0 Å². The summed E-state index contributed by atoms with van der Waals surface area (Å²) in [6.07, 6.45) is 3.79. The van der Waals surface area contributed by atoms with Crippen molar-refractivity contribution in [1.82, 2.24) is 14.7 Å². The van der Waals surface area contributed by atoms with Crippen LogP contribution in [0.5, 0.6) is 0 Å². The van der Waals surface area contributed by atoms with Crippen LogP contribution in [0.1, 0.15) is 31.1 Å². The predicted molar refractivity (Wildman–Crippen MR) is 122 cm³/mol. The molecule has 4 rings (SSSR count). The van der Waals surface area contributed by atoms with Crippen LogP contribution in [0.2, 0.25) is 0 Å². The maximum absolute atomic E-state index is 15.2. The largest absolute Gasteiger partial charge is 0.345 e. The first kappa shape index (κ1) is 21.9. The summed E-state index contributed by atoms with van der Waals surface area (Å²) in [6.45, 7) is 5.27. The Bertz CT molecular complexity index is 1440. The molecule has 6 nitrogen and oxygen atoms in total. The number of benzene rings is 2. The number of aldehydes is 1. The summed E-state index contributed by atoms with van der Waals surface area (Å²) >= 11 is 0. The molecular formula is C24H22FN3O3S. The number of carbonyl (C=O) groups excluding carboxylic acids is 1. The Morgan fingerprint density at radius 3 is 2.47 bits per heavy atom. The monoisotopic (exact) mass is 451 g/mol. The smallest absolute Gasteiger partial charge is 0.241 e. The summed E-state index contributed by atoms with van der Waals surface area (Å²) in [5, 5.41) is 0.602. The van der Waals surface area contributed by atoms with E-state index in [4.69, 9.17) is 0 Å². The quantitative estimate of drug-likeness (QED) is 0.421. The minimum absolute atomic E-state index is 0.0770. The molecule has 0 bridgehead atoms. The Hall–Kier alpha value is -3.36. The second kappa shape index (κ2) is 7.96. The number of hydrogen-bond donors (Lipinski definition) is 2. The molecule has 0 unspecified atom stereocenters. The number of rotatable bonds is 5. The van der Waals surface area contributed by atoms with Gasteiger partial charge in [0.1, 0.15) is 11.5 Å². The van der Waals surface area contributed by atoms with Crippen molar-refractivity contribution in [2.45, 2.75) is 31.2 Å². The van der Waals surface area contributed by atoms with Crippen LogP contribution in [-0.4, -0.2) is 30.2 Å². The van der Waals surface area contributed by atoms with Gasteiger partial charge in [0, 0.05) is 45.6 Å². The third kappa shape index (κ3) is 4.19. The molecule has 0 atom stereocenters. The van der Waals surface area contributed by atoms with Gasteiger partial charge in [-0.2, -0.15) is 0 Å². The molecule has 0 aliphatic rings. The van der Waals surface area contributed by atoms with Crippen LogP contribution in [0.25, 0.3) is 33.3 Å². The van der Waals surface area contributed by atoms with Gasteiger partial charge in [0.15, 0.2) is 6.29 Å². The standard InChI is InChI=1S/C24H22FN3O3S/c1-24(2,3)28-32(30,31)22-7-5-4-6-19(22)15-8-9-18(21(25)11-15)16-10-20-17(14-29)13-27-23(20)26-12-16/h4-14,28H,1-3H3,(H,26,27). The number of nitrogens with one attached hydrogen (secondary N) is 2. The van der Waals surface area contributed by atoms with Crippen molar-refractivity contribution < 1.29 is 17.6 Å². The minimum atomic E-state index is -3.82. The van der Waals surface area contributed by atoms with Crippen molar-refractivity contribution in [2.24, 2.45) is 0 Å². The lowest BCUT2D eigenvalue weighted by atomic mass is 10.00. The van der Waals surface area contributed by atoms with Crippen molar-refractivity contribution in [1.29, 1.82) is 0 Å². The molecule has 0 radical (unpaired) electrons. The Morgan fingerprint density at radius 2 is 1.78 bits per heavy atom. The first-order valence-corrected chi connectivity index (χ1v) is 11.4. The number of pyridine rings is 1. The second-order valence-electron chi connectivity index (χ2n) is 8.53. The molecule has 0 spiro atoms. The molecule has 2 aromatic carbocycles. The van der Waals surface area contributed by atoms with Gasteiger partial charge < -0.3 is 4.98 Å². The van der Waals surface area contributed by atoms with E-state index >= 15 is 4.39 Å². The number of hydrogen-bond acceptors (Lipinski definition) is 4. The molecule has 0 aliphatic carbocycles. The van der Waals surface area contributed by atoms with Crippen LogP contribution in [0.3, 0.4) is 0 Å². The number of H-pyrrole nitrogens is 1. The Balaban J connectivity index is 1.78. The average Bonchev–Trinajstić information content (AvgIpc) is 3.14. The number of halogens is 1. The summed E-state index contributed by atoms with van der Waals surface area (Å²) < 4.78 is 43.7. The molecule has 164 valence electrons. The summed E-state index contributed by atoms with van der Waals surface area (Å²) in [5.74, 6) is -0.525. The Kier molecular flexibility index (Phi) is 5.44. The van der Waals surface area contributed by atoms with Gasteiger partial charge in [0.25, 0.3) is 0 Å². The molecule has 2 aromatic heterocycles. The van der Waals surface area contributed by atoms with Gasteiger partial charge in [0.2, 0.25) is 10.0 Å². The van der Waals surface area contributed by atoms with Crippen molar-refractivity contribution >= 4 is 27.3 Å². The maximum Gasteiger partial charge on any atom is 0.241 e. The van der Waals surface area contributed by atoms with Crippen molar-refractivity contribution in [2.75, 3.05) is 0 Å². The van der Waals surface area contributed by atoms with Crippen LogP contribution >= 0.6 is 0 Å². The number of fused-ring (bicyclic) bond motifs is 1. The maximum atomic E-state index is 15.2. The fourth-order valence-corrected chi connectivity index (χ4v) is 5.23. The molecule has 0 amide bonds. The van der Waals surface area contributed by atoms with Gasteiger partial charge >= 0.3 is 0 Å². The molecule has 0 aliphatic heterocycles. The zero-order valence-electron chi connectivity index (χ0n) is 17.8. The number of carbonyl (C=O) groups is 1. The van der Waals surface area contributed by atoms with E-state index in [2.05, 4.69) is 14.7 Å². The highest BCUT2D eigenvalue weighted by molar-refractivity contribution is 7.89. The molecule has 0 fully saturated rings. The first-order chi connectivity index (χ1) is 15.1. The number of sulfonamides is 1. The first-order valence-electron chi connectivity index (χ1n) is 9.95. The highest BCUT2D eigenvalue weighted by Gasteiger charge is 2.25. The van der Waals surface area contributed by atoms with Crippen molar-refractivity contribution in [3.8, 4) is 22.3 Å². The molecule has 0 saturated carbocycles. The van der Waals surface area contributed by atoms with E-state index in [9.17, 15) is 13.2 Å². The summed E-state index contributed by atoms with van der Waals surface area (Å²) in [7, 11) is -3.82. The number of aromatic amines is 1. The van der Waals surface area contributed by atoms with E-state index in [0.717, 1.165) is 0 Å². The van der Waals surface area contributed by atoms with Gasteiger partial charge in [-0.25, -0.2) is 22.5 Å². The molecule has 2 heterocycles. The molecule has 8 heteroatoms. The van der Waals surface area contributed by atoms with Crippen LogP contribution < -0.4 is 4.72 Å². The fraction of sp³-hybridized carbons (Fsp3) is 0.167. The highest BCUT2D eigenvalue weighted by atomic mass is 32.2. The van der Waals surface area contributed by atoms with E-state index in [-0.39, 0.29) is 4.90 Å². The molecule has 32 heavy (non-hydrogen) atoms. The third-order valence-corrected chi connectivity index (χ3v) is 6.71. The minimum Gasteiger partial charge on any atom is -0.345 e. The summed E-state index contributed by atoms with van der Waals surface area (Å²) in [4.78, 5) is 18.5. The number of aromatic nitrogens is 2. The third-order valence-electron chi connectivity index (χ3n) is 4.90. The summed E-state index contributed by atoms with van der Waals surface area (Å²) in [6, 6.07) is 12.8. The topological polar surface area (TPSA) is 91.9 Å². The van der Waals surface area contributed by atoms with Crippen molar-refractivity contribution in [3.63, 3.8) is 0 Å². The van der Waals surface area contributed by atoms with Crippen LogP contribution in [0.4, 0.5) is 4.39 Å². The fourth-order valence-electron chi connectivity index (χ4n) is 3.58. The van der Waals surface area contributed by atoms with E-state index in [1.54, 1.807) is 63.4 Å². The Labute approximate surface area is 185 Å². The second-order valence-corrected chi connectivity index (χ2v) is 10.2. The predicted octanol–water partition coefficient (Wildman–Crippen LogP) is 4.93. The summed E-state index contributed by atoms with van der Waals surface area (Å²) in [5.41, 5.74) is 1.97. The van der Waals surface area contributed by atoms with Gasteiger partial charge in [-0.1, -0.05) is 30.3 Å². The van der Waals surface area contributed by atoms with Gasteiger partial charge in [0.05, 0.1) is 4.90 Å². The lowest BCUT2D eigenvalue weighted by molar-refractivity contribution is 0.112. The van der Waals surface area contributed by atoms with Crippen LogP contribution in [0.15, 0.2) is 65.8 Å². The van der Waals surface area contributed by atoms with Gasteiger partial charge in [-0.05, 0) is 44.5 Å². The molecule has 0 saturated heterocycles. The zero-order valence-corrected chi connectivity index (χ0v) is 18.6. The Morgan fingerprint density at radius 1 is 1.03 bits per heavy atom. The van der Waals surface area contributed by atoms with E-state index in [0.29, 0.717) is 45.1 Å². The van der Waals surface area contributed by atoms with Crippen molar-refractivity contribution in [3.05, 3.63) is 72.3 Å². The highest BCUT2D eigenvalue weighted by Crippen LogP contribution is 2.32. The van der Waals surface area contributed by atoms with Gasteiger partial charge in [-0.3, -0.25) is 4.79 Å². The van der Waals surface area contributed by atoms with E-state index < -0.39 is 21.4 Å². The zero-order chi connectivity index (χ0) is 23.1. The normalized spacial score (nSPS) is 12.2. The molecule has 4 aromatic rings. The number of nitrogens with zero attached hydrogens (tertiary/aromatic N) is 1. The van der Waals surface area contributed by atoms with E-state index in [1.807, 2.05) is 0 Å². The molecule has 2 N–H and O–H groups in total.